The first kappa shape index (κ1) is 18.5. The summed E-state index contributed by atoms with van der Waals surface area (Å²) in [4.78, 5) is 13.3. The number of thiophene rings is 1. The van der Waals surface area contributed by atoms with Gasteiger partial charge < -0.3 is 5.11 Å². The fourth-order valence-electron chi connectivity index (χ4n) is 2.89. The molecule has 1 N–H and O–H groups in total. The molecule has 0 aliphatic rings. The van der Waals surface area contributed by atoms with Crippen LogP contribution < -0.4 is 0 Å². The molecular formula is C20H17F3O2S. The molecule has 0 unspecified atom stereocenters. The lowest BCUT2D eigenvalue weighted by molar-refractivity contribution is -0.137. The van der Waals surface area contributed by atoms with Crippen molar-refractivity contribution in [2.75, 3.05) is 0 Å². The topological polar surface area (TPSA) is 37.3 Å². The van der Waals surface area contributed by atoms with Gasteiger partial charge in [0.1, 0.15) is 5.75 Å². The van der Waals surface area contributed by atoms with Crippen LogP contribution in [0.25, 0.3) is 10.1 Å². The Balaban J connectivity index is 1.81. The number of halogens is 3. The Morgan fingerprint density at radius 3 is 2.50 bits per heavy atom. The number of carbonyl (C=O) groups is 1. The first-order chi connectivity index (χ1) is 12.2. The summed E-state index contributed by atoms with van der Waals surface area (Å²) >= 11 is 1.43. The number of rotatable bonds is 4. The summed E-state index contributed by atoms with van der Waals surface area (Å²) in [6.45, 7) is 3.52. The fourth-order valence-corrected chi connectivity index (χ4v) is 4.08. The van der Waals surface area contributed by atoms with Crippen LogP contribution in [0.15, 0.2) is 36.4 Å². The summed E-state index contributed by atoms with van der Waals surface area (Å²) in [5.41, 5.74) is 1.30. The summed E-state index contributed by atoms with van der Waals surface area (Å²) in [5, 5.41) is 10.1. The van der Waals surface area contributed by atoms with E-state index in [2.05, 4.69) is 0 Å². The van der Waals surface area contributed by atoms with Gasteiger partial charge in [0.15, 0.2) is 5.78 Å². The Labute approximate surface area is 152 Å². The standard InChI is InChI=1S/C20H17F3O2S/c1-11-9-13(3-5-16(11)24)17(25)6-8-18-12(2)15-10-14(20(21,22)23)4-7-19(15)26-18/h3-5,7,9-10,24H,6,8H2,1-2H3. The predicted octanol–water partition coefficient (Wildman–Crippen LogP) is 6.06. The highest BCUT2D eigenvalue weighted by molar-refractivity contribution is 7.19. The van der Waals surface area contributed by atoms with E-state index >= 15 is 0 Å². The van der Waals surface area contributed by atoms with Gasteiger partial charge in [0.25, 0.3) is 0 Å². The van der Waals surface area contributed by atoms with Gasteiger partial charge in [-0.1, -0.05) is 0 Å². The highest BCUT2D eigenvalue weighted by Crippen LogP contribution is 2.37. The fraction of sp³-hybridized carbons (Fsp3) is 0.250. The van der Waals surface area contributed by atoms with E-state index in [1.165, 1.54) is 29.5 Å². The molecule has 6 heteroatoms. The lowest BCUT2D eigenvalue weighted by Crippen LogP contribution is -2.04. The molecule has 0 bridgehead atoms. The van der Waals surface area contributed by atoms with Crippen molar-refractivity contribution in [1.29, 1.82) is 0 Å². The molecule has 0 fully saturated rings. The second kappa shape index (κ2) is 6.76. The summed E-state index contributed by atoms with van der Waals surface area (Å²) in [5.74, 6) is 0.0864. The third kappa shape index (κ3) is 3.60. The molecule has 0 atom stereocenters. The molecule has 0 aliphatic heterocycles. The van der Waals surface area contributed by atoms with Gasteiger partial charge in [0.2, 0.25) is 0 Å². The highest BCUT2D eigenvalue weighted by Gasteiger charge is 2.30. The van der Waals surface area contributed by atoms with E-state index in [4.69, 9.17) is 0 Å². The minimum atomic E-state index is -4.37. The molecule has 0 saturated carbocycles. The van der Waals surface area contributed by atoms with Gasteiger partial charge in [-0.2, -0.15) is 13.2 Å². The second-order valence-electron chi connectivity index (χ2n) is 6.28. The molecule has 0 saturated heterocycles. The summed E-state index contributed by atoms with van der Waals surface area (Å²) in [6.07, 6.45) is -3.62. The predicted molar refractivity (Wildman–Crippen MR) is 97.1 cm³/mol. The van der Waals surface area contributed by atoms with Crippen molar-refractivity contribution in [2.24, 2.45) is 0 Å². The maximum absolute atomic E-state index is 12.9. The van der Waals surface area contributed by atoms with Crippen molar-refractivity contribution in [1.82, 2.24) is 0 Å². The molecule has 26 heavy (non-hydrogen) atoms. The van der Waals surface area contributed by atoms with E-state index in [1.54, 1.807) is 26.0 Å². The van der Waals surface area contributed by atoms with E-state index in [0.29, 0.717) is 22.9 Å². The van der Waals surface area contributed by atoms with E-state index in [9.17, 15) is 23.1 Å². The Kier molecular flexibility index (Phi) is 4.80. The van der Waals surface area contributed by atoms with Crippen molar-refractivity contribution in [2.45, 2.75) is 32.9 Å². The van der Waals surface area contributed by atoms with Crippen molar-refractivity contribution in [3.05, 3.63) is 63.5 Å². The SMILES string of the molecule is Cc1cc(C(=O)CCc2sc3ccc(C(F)(F)F)cc3c2C)ccc1O. The number of aromatic hydroxyl groups is 1. The Morgan fingerprint density at radius 1 is 1.12 bits per heavy atom. The minimum absolute atomic E-state index is 0.0547. The number of phenols is 1. The van der Waals surface area contributed by atoms with Gasteiger partial charge in [-0.3, -0.25) is 4.79 Å². The zero-order chi connectivity index (χ0) is 19.1. The first-order valence-corrected chi connectivity index (χ1v) is 8.90. The Morgan fingerprint density at radius 2 is 1.85 bits per heavy atom. The van der Waals surface area contributed by atoms with Gasteiger partial charge in [-0.05, 0) is 73.2 Å². The Hall–Kier alpha value is -2.34. The third-order valence-electron chi connectivity index (χ3n) is 4.46. The van der Waals surface area contributed by atoms with Crippen molar-refractivity contribution < 1.29 is 23.1 Å². The maximum atomic E-state index is 12.9. The third-order valence-corrected chi connectivity index (χ3v) is 5.79. The average molecular weight is 378 g/mol. The number of benzene rings is 2. The van der Waals surface area contributed by atoms with Crippen LogP contribution in [0.4, 0.5) is 13.2 Å². The molecule has 1 aromatic heterocycles. The molecule has 2 nitrogen and oxygen atoms in total. The lowest BCUT2D eigenvalue weighted by Gasteiger charge is -2.06. The van der Waals surface area contributed by atoms with Gasteiger partial charge >= 0.3 is 6.18 Å². The number of alkyl halides is 3. The van der Waals surface area contributed by atoms with Gasteiger partial charge in [-0.15, -0.1) is 11.3 Å². The highest BCUT2D eigenvalue weighted by atomic mass is 32.1. The number of aryl methyl sites for hydroxylation is 3. The maximum Gasteiger partial charge on any atom is 0.416 e. The van der Waals surface area contributed by atoms with E-state index < -0.39 is 11.7 Å². The molecule has 0 spiro atoms. The quantitative estimate of drug-likeness (QED) is 0.561. The van der Waals surface area contributed by atoms with Crippen LogP contribution >= 0.6 is 11.3 Å². The normalized spacial score (nSPS) is 11.9. The van der Waals surface area contributed by atoms with Crippen LogP contribution in [0, 0.1) is 13.8 Å². The molecule has 0 radical (unpaired) electrons. The molecule has 136 valence electrons. The van der Waals surface area contributed by atoms with E-state index in [-0.39, 0.29) is 18.0 Å². The number of phenolic OH excluding ortho intramolecular Hbond substituents is 1. The number of carbonyl (C=O) groups excluding carboxylic acids is 1. The van der Waals surface area contributed by atoms with Crippen LogP contribution in [0.2, 0.25) is 0 Å². The number of fused-ring (bicyclic) bond motifs is 1. The van der Waals surface area contributed by atoms with Gasteiger partial charge in [0, 0.05) is 21.6 Å². The largest absolute Gasteiger partial charge is 0.508 e. The van der Waals surface area contributed by atoms with Crippen LogP contribution in [0.5, 0.6) is 5.75 Å². The molecule has 3 rings (SSSR count). The average Bonchev–Trinajstić information content (AvgIpc) is 2.90. The van der Waals surface area contributed by atoms with Crippen LogP contribution in [0.1, 0.15) is 38.3 Å². The molecule has 0 aliphatic carbocycles. The second-order valence-corrected chi connectivity index (χ2v) is 7.42. The number of hydrogen-bond acceptors (Lipinski definition) is 3. The number of hydrogen-bond donors (Lipinski definition) is 1. The number of Topliss-reactive ketones (excluding diaryl/α,β-unsaturated/α-hetero) is 1. The molecule has 2 aromatic carbocycles. The molecule has 1 heterocycles. The zero-order valence-corrected chi connectivity index (χ0v) is 15.1. The van der Waals surface area contributed by atoms with Gasteiger partial charge in [0.05, 0.1) is 5.56 Å². The molecule has 0 amide bonds. The molecular weight excluding hydrogens is 361 g/mol. The summed E-state index contributed by atoms with van der Waals surface area (Å²) in [6, 6.07) is 8.47. The van der Waals surface area contributed by atoms with Crippen molar-refractivity contribution in [3.8, 4) is 5.75 Å². The van der Waals surface area contributed by atoms with Crippen LogP contribution in [-0.2, 0) is 12.6 Å². The van der Waals surface area contributed by atoms with Crippen LogP contribution in [0.3, 0.4) is 0 Å². The lowest BCUT2D eigenvalue weighted by atomic mass is 10.0. The smallest absolute Gasteiger partial charge is 0.416 e. The van der Waals surface area contributed by atoms with Crippen LogP contribution in [-0.4, -0.2) is 10.9 Å². The zero-order valence-electron chi connectivity index (χ0n) is 14.3. The summed E-state index contributed by atoms with van der Waals surface area (Å²) < 4.78 is 39.5. The van der Waals surface area contributed by atoms with Gasteiger partial charge in [-0.25, -0.2) is 0 Å². The minimum Gasteiger partial charge on any atom is -0.508 e. The van der Waals surface area contributed by atoms with Crippen molar-refractivity contribution >= 4 is 27.2 Å². The molecule has 3 aromatic rings. The Bertz CT molecular complexity index is 987. The van der Waals surface area contributed by atoms with Crippen molar-refractivity contribution in [3.63, 3.8) is 0 Å². The first-order valence-electron chi connectivity index (χ1n) is 8.09. The van der Waals surface area contributed by atoms with E-state index in [0.717, 1.165) is 21.2 Å². The number of ketones is 1. The monoisotopic (exact) mass is 378 g/mol. The van der Waals surface area contributed by atoms with E-state index in [1.807, 2.05) is 0 Å². The summed E-state index contributed by atoms with van der Waals surface area (Å²) in [7, 11) is 0.